The summed E-state index contributed by atoms with van der Waals surface area (Å²) in [5.74, 6) is 0.404. The van der Waals surface area contributed by atoms with Crippen molar-refractivity contribution in [2.75, 3.05) is 19.6 Å². The van der Waals surface area contributed by atoms with Crippen molar-refractivity contribution in [1.82, 2.24) is 4.90 Å². The van der Waals surface area contributed by atoms with Crippen LogP contribution in [0.5, 0.6) is 0 Å². The van der Waals surface area contributed by atoms with E-state index in [4.69, 9.17) is 5.73 Å². The summed E-state index contributed by atoms with van der Waals surface area (Å²) >= 11 is 0. The third-order valence-electron chi connectivity index (χ3n) is 4.80. The second-order valence-corrected chi connectivity index (χ2v) is 6.87. The first-order valence-corrected chi connectivity index (χ1v) is 9.82. The van der Waals surface area contributed by atoms with Crippen molar-refractivity contribution in [2.24, 2.45) is 5.73 Å². The van der Waals surface area contributed by atoms with Crippen LogP contribution in [0.25, 0.3) is 0 Å². The fourth-order valence-corrected chi connectivity index (χ4v) is 3.31. The van der Waals surface area contributed by atoms with Gasteiger partial charge in [0.2, 0.25) is 5.91 Å². The van der Waals surface area contributed by atoms with Crippen molar-refractivity contribution in [3.8, 4) is 0 Å². The van der Waals surface area contributed by atoms with Crippen LogP contribution < -0.4 is 5.73 Å². The molecule has 1 fully saturated rings. The van der Waals surface area contributed by atoms with Crippen molar-refractivity contribution in [1.29, 1.82) is 0 Å². The SMILES string of the molecule is NCCCCCCCCCCCCC(=O)N1CCCCCC1. The molecule has 3 heteroatoms. The lowest BCUT2D eigenvalue weighted by atomic mass is 10.1. The summed E-state index contributed by atoms with van der Waals surface area (Å²) < 4.78 is 0. The zero-order valence-electron chi connectivity index (χ0n) is 14.7. The zero-order valence-corrected chi connectivity index (χ0v) is 14.7. The van der Waals surface area contributed by atoms with E-state index >= 15 is 0 Å². The number of amides is 1. The molecule has 0 spiro atoms. The molecule has 0 atom stereocenters. The van der Waals surface area contributed by atoms with Gasteiger partial charge in [0.25, 0.3) is 0 Å². The van der Waals surface area contributed by atoms with E-state index in [1.807, 2.05) is 0 Å². The molecule has 0 radical (unpaired) electrons. The maximum Gasteiger partial charge on any atom is 0.222 e. The fourth-order valence-electron chi connectivity index (χ4n) is 3.31. The highest BCUT2D eigenvalue weighted by Crippen LogP contribution is 2.14. The van der Waals surface area contributed by atoms with Crippen LogP contribution in [0.15, 0.2) is 0 Å². The van der Waals surface area contributed by atoms with E-state index in [2.05, 4.69) is 4.90 Å². The van der Waals surface area contributed by atoms with E-state index in [0.29, 0.717) is 5.91 Å². The fraction of sp³-hybridized carbons (Fsp3) is 0.947. The van der Waals surface area contributed by atoms with Crippen LogP contribution in [0.1, 0.15) is 96.3 Å². The lowest BCUT2D eigenvalue weighted by molar-refractivity contribution is -0.131. The van der Waals surface area contributed by atoms with Gasteiger partial charge in [-0.25, -0.2) is 0 Å². The topological polar surface area (TPSA) is 46.3 Å². The average Bonchev–Trinajstić information content (AvgIpc) is 2.81. The third-order valence-corrected chi connectivity index (χ3v) is 4.80. The van der Waals surface area contributed by atoms with Gasteiger partial charge in [0.15, 0.2) is 0 Å². The van der Waals surface area contributed by atoms with Crippen LogP contribution in [0, 0.1) is 0 Å². The van der Waals surface area contributed by atoms with Crippen LogP contribution in [0.2, 0.25) is 0 Å². The summed E-state index contributed by atoms with van der Waals surface area (Å²) in [5, 5.41) is 0. The average molecular weight is 311 g/mol. The second kappa shape index (κ2) is 14.0. The van der Waals surface area contributed by atoms with Crippen molar-refractivity contribution in [3.05, 3.63) is 0 Å². The number of unbranched alkanes of at least 4 members (excludes halogenated alkanes) is 9. The smallest absolute Gasteiger partial charge is 0.222 e. The Balaban J connectivity index is 1.85. The highest BCUT2D eigenvalue weighted by molar-refractivity contribution is 5.76. The van der Waals surface area contributed by atoms with Crippen molar-refractivity contribution >= 4 is 5.91 Å². The molecule has 2 N–H and O–H groups in total. The minimum Gasteiger partial charge on any atom is -0.343 e. The van der Waals surface area contributed by atoms with E-state index in [0.717, 1.165) is 32.5 Å². The van der Waals surface area contributed by atoms with E-state index in [9.17, 15) is 4.79 Å². The van der Waals surface area contributed by atoms with Gasteiger partial charge < -0.3 is 10.6 Å². The number of rotatable bonds is 12. The molecule has 1 aliphatic heterocycles. The molecule has 0 aromatic carbocycles. The van der Waals surface area contributed by atoms with Gasteiger partial charge in [-0.05, 0) is 32.2 Å². The molecule has 22 heavy (non-hydrogen) atoms. The molecule has 130 valence electrons. The van der Waals surface area contributed by atoms with Crippen LogP contribution in [-0.2, 0) is 4.79 Å². The standard InChI is InChI=1S/C19H38N2O/c20-16-12-8-6-4-2-1-3-5-7-11-15-19(22)21-17-13-9-10-14-18-21/h1-18,20H2. The predicted molar refractivity (Wildman–Crippen MR) is 94.9 cm³/mol. The summed E-state index contributed by atoms with van der Waals surface area (Å²) in [6.07, 6.45) is 18.7. The first-order valence-electron chi connectivity index (χ1n) is 9.82. The quantitative estimate of drug-likeness (QED) is 0.534. The Kier molecular flexibility index (Phi) is 12.4. The van der Waals surface area contributed by atoms with Gasteiger partial charge in [-0.1, -0.05) is 64.2 Å². The van der Waals surface area contributed by atoms with Gasteiger partial charge in [0.1, 0.15) is 0 Å². The van der Waals surface area contributed by atoms with Crippen molar-refractivity contribution < 1.29 is 4.79 Å². The van der Waals surface area contributed by atoms with E-state index in [-0.39, 0.29) is 0 Å². The Morgan fingerprint density at radius 3 is 1.64 bits per heavy atom. The van der Waals surface area contributed by atoms with Gasteiger partial charge in [-0.15, -0.1) is 0 Å². The normalized spacial score (nSPS) is 15.8. The molecule has 0 aromatic rings. The highest BCUT2D eigenvalue weighted by atomic mass is 16.2. The van der Waals surface area contributed by atoms with Gasteiger partial charge in [0, 0.05) is 19.5 Å². The molecule has 0 saturated carbocycles. The largest absolute Gasteiger partial charge is 0.343 e. The summed E-state index contributed by atoms with van der Waals surface area (Å²) in [6.45, 7) is 2.85. The predicted octanol–water partition coefficient (Wildman–Crippen LogP) is 4.64. The summed E-state index contributed by atoms with van der Waals surface area (Å²) in [6, 6.07) is 0. The number of carbonyl (C=O) groups excluding carboxylic acids is 1. The molecular weight excluding hydrogens is 272 g/mol. The Hall–Kier alpha value is -0.570. The molecule has 3 nitrogen and oxygen atoms in total. The Bertz CT molecular complexity index is 260. The summed E-state index contributed by atoms with van der Waals surface area (Å²) in [5.41, 5.74) is 5.49. The van der Waals surface area contributed by atoms with Gasteiger partial charge >= 0.3 is 0 Å². The van der Waals surface area contributed by atoms with Crippen LogP contribution in [0.3, 0.4) is 0 Å². The van der Waals surface area contributed by atoms with Gasteiger partial charge in [-0.3, -0.25) is 4.79 Å². The second-order valence-electron chi connectivity index (χ2n) is 6.87. The Labute approximate surface area is 138 Å². The molecule has 1 heterocycles. The monoisotopic (exact) mass is 310 g/mol. The van der Waals surface area contributed by atoms with Crippen LogP contribution in [0.4, 0.5) is 0 Å². The Morgan fingerprint density at radius 1 is 0.682 bits per heavy atom. The zero-order chi connectivity index (χ0) is 15.9. The van der Waals surface area contributed by atoms with E-state index < -0.39 is 0 Å². The van der Waals surface area contributed by atoms with Crippen LogP contribution >= 0.6 is 0 Å². The maximum absolute atomic E-state index is 12.1. The third kappa shape index (κ3) is 10.2. The number of nitrogens with two attached hydrogens (primary N) is 1. The lowest BCUT2D eigenvalue weighted by Crippen LogP contribution is -2.31. The van der Waals surface area contributed by atoms with Gasteiger partial charge in [-0.2, -0.15) is 0 Å². The van der Waals surface area contributed by atoms with E-state index in [1.165, 1.54) is 83.5 Å². The number of likely N-dealkylation sites (tertiary alicyclic amines) is 1. The molecule has 0 aromatic heterocycles. The molecule has 1 rings (SSSR count). The highest BCUT2D eigenvalue weighted by Gasteiger charge is 2.14. The number of nitrogens with zero attached hydrogens (tertiary/aromatic N) is 1. The molecule has 1 saturated heterocycles. The molecule has 0 aliphatic carbocycles. The number of hydrogen-bond donors (Lipinski definition) is 1. The van der Waals surface area contributed by atoms with Crippen molar-refractivity contribution in [3.63, 3.8) is 0 Å². The maximum atomic E-state index is 12.1. The van der Waals surface area contributed by atoms with Crippen LogP contribution in [-0.4, -0.2) is 30.4 Å². The van der Waals surface area contributed by atoms with Gasteiger partial charge in [0.05, 0.1) is 0 Å². The lowest BCUT2D eigenvalue weighted by Gasteiger charge is -2.20. The first-order chi connectivity index (χ1) is 10.8. The molecule has 0 bridgehead atoms. The minimum absolute atomic E-state index is 0.404. The molecular formula is C19H38N2O. The summed E-state index contributed by atoms with van der Waals surface area (Å²) in [7, 11) is 0. The summed E-state index contributed by atoms with van der Waals surface area (Å²) in [4.78, 5) is 14.2. The molecule has 1 aliphatic rings. The number of hydrogen-bond acceptors (Lipinski definition) is 2. The van der Waals surface area contributed by atoms with E-state index in [1.54, 1.807) is 0 Å². The molecule has 1 amide bonds. The van der Waals surface area contributed by atoms with Crippen molar-refractivity contribution in [2.45, 2.75) is 96.3 Å². The minimum atomic E-state index is 0.404. The molecule has 0 unspecified atom stereocenters. The first kappa shape index (κ1) is 19.5. The number of carbonyl (C=O) groups is 1. The Morgan fingerprint density at radius 2 is 1.14 bits per heavy atom.